The SMILES string of the molecule is COc1cc2ncnc(Nc3ccc(F)c(Cl)c3)c2cc1O.COc1cc2ncnc(Nc3ccc(F)c(Cl)c3)c2cc1OCCCCl.ClCCCBr.O=CO[O-].[CH2-]CN(C[CH2-])CCCOc1cc2c(Nc3ccc(F)c(Cl)c3)ncnc2cc1OC.[CH2-]CN(C[CH2-])CCCOc1cc2c(Nc3ccc(F)c(Cl)c3)ncnc2cc1OC.[CH2-]CNC[CH2-].[H-].[K+].[K+].[U+2].[U+2].[V+2]. The van der Waals surface area contributed by atoms with Crippen molar-refractivity contribution >= 4 is 182 Å². The molecular weight excluding hydrogens is 2380 g/mol. The second kappa shape index (κ2) is 68.0. The van der Waals surface area contributed by atoms with Gasteiger partial charge in [-0.05, 0) is 136 Å². The molecule has 0 unspecified atom stereocenters. The van der Waals surface area contributed by atoms with Crippen LogP contribution in [0.3, 0.4) is 0 Å². The minimum absolute atomic E-state index is 0. The number of aromatic hydroxyl groups is 1. The van der Waals surface area contributed by atoms with Crippen molar-refractivity contribution in [3.8, 4) is 46.0 Å². The van der Waals surface area contributed by atoms with Crippen LogP contribution in [0, 0.1) is 127 Å². The monoisotopic (exact) mass is 2470 g/mol. The zero-order valence-corrected chi connectivity index (χ0v) is 92.6. The molecule has 0 spiro atoms. The number of nitrogens with one attached hydrogen (secondary N) is 5. The third-order valence-electron chi connectivity index (χ3n) is 16.6. The van der Waals surface area contributed by atoms with Gasteiger partial charge in [-0.3, -0.25) is 4.79 Å². The molecule has 12 aromatic rings. The third-order valence-corrected chi connectivity index (χ3v) is 18.9. The summed E-state index contributed by atoms with van der Waals surface area (Å²) in [5.74, 6) is 5.25. The number of rotatable bonds is 35. The van der Waals surface area contributed by atoms with Gasteiger partial charge in [-0.25, -0.2) is 57.4 Å². The molecule has 42 heteroatoms. The molecule has 0 saturated carbocycles. The van der Waals surface area contributed by atoms with Gasteiger partial charge in [0, 0.05) is 85.7 Å². The molecule has 0 aliphatic carbocycles. The summed E-state index contributed by atoms with van der Waals surface area (Å²) in [5, 5.41) is 37.6. The van der Waals surface area contributed by atoms with Crippen molar-refractivity contribution in [1.29, 1.82) is 0 Å². The maximum atomic E-state index is 13.4. The van der Waals surface area contributed by atoms with Crippen LogP contribution in [-0.2, 0) is 28.2 Å². The topological polar surface area (TPSA) is 304 Å². The first-order chi connectivity index (χ1) is 59.0. The minimum Gasteiger partial charge on any atom is -1.00 e. The van der Waals surface area contributed by atoms with E-state index in [-0.39, 0.29) is 217 Å². The molecule has 8 aromatic carbocycles. The van der Waals surface area contributed by atoms with Gasteiger partial charge >= 0.3 is 184 Å². The van der Waals surface area contributed by atoms with Crippen molar-refractivity contribution < 1.29 is 256 Å². The molecule has 12 rings (SSSR count). The fourth-order valence-electron chi connectivity index (χ4n) is 10.5. The van der Waals surface area contributed by atoms with Crippen molar-refractivity contribution in [2.45, 2.75) is 25.7 Å². The van der Waals surface area contributed by atoms with Crippen LogP contribution in [0.4, 0.5) is 63.6 Å². The average molecular weight is 2470 g/mol. The summed E-state index contributed by atoms with van der Waals surface area (Å²) in [6.07, 6.45) is 9.15. The smallest absolute Gasteiger partial charge is 1.00 e. The molecule has 0 saturated heterocycles. The first kappa shape index (κ1) is 121. The van der Waals surface area contributed by atoms with Crippen LogP contribution < -0.4 is 168 Å². The number of hydrogen-bond donors (Lipinski definition) is 6. The normalized spacial score (nSPS) is 10.1. The number of halogens is 11. The van der Waals surface area contributed by atoms with Crippen molar-refractivity contribution in [3.63, 3.8) is 0 Å². The van der Waals surface area contributed by atoms with Gasteiger partial charge in [-0.1, -0.05) is 62.3 Å². The van der Waals surface area contributed by atoms with Crippen molar-refractivity contribution in [2.75, 3.05) is 139 Å². The number of nitrogens with zero attached hydrogens (tertiary/aromatic N) is 10. The summed E-state index contributed by atoms with van der Waals surface area (Å²) in [6, 6.07) is 31.3. The first-order valence-electron chi connectivity index (χ1n) is 37.1. The summed E-state index contributed by atoms with van der Waals surface area (Å²) in [5.41, 5.74) is 5.05. The fourth-order valence-corrected chi connectivity index (χ4v) is 12.1. The van der Waals surface area contributed by atoms with E-state index in [1.165, 1.54) is 87.0 Å². The molecule has 4 heterocycles. The van der Waals surface area contributed by atoms with Gasteiger partial charge in [0.15, 0.2) is 46.0 Å². The Balaban J connectivity index is 0.00000158. The van der Waals surface area contributed by atoms with Gasteiger partial charge in [0.1, 0.15) is 71.8 Å². The van der Waals surface area contributed by atoms with Crippen LogP contribution >= 0.6 is 85.5 Å². The molecule has 4 aromatic heterocycles. The number of carbonyl (C=O) groups is 1. The molecule has 0 fully saturated rings. The zero-order valence-electron chi connectivity index (χ0n) is 71.5. The number of anilines is 8. The van der Waals surface area contributed by atoms with E-state index in [1.807, 2.05) is 12.1 Å². The van der Waals surface area contributed by atoms with Crippen LogP contribution in [-0.4, -0.2) is 179 Å². The largest absolute Gasteiger partial charge is 2.00 e. The number of hydrogen-bond acceptors (Lipinski definition) is 26. The molecule has 0 atom stereocenters. The molecule has 0 aliphatic heterocycles. The van der Waals surface area contributed by atoms with Gasteiger partial charge in [0.25, 0.3) is 6.47 Å². The van der Waals surface area contributed by atoms with E-state index in [9.17, 15) is 22.7 Å². The van der Waals surface area contributed by atoms with Crippen LogP contribution in [0.25, 0.3) is 43.6 Å². The Morgan fingerprint density at radius 3 is 0.921 bits per heavy atom. The molecule has 1 radical (unpaired) electrons. The standard InChI is InChI=1S/2C22H24ClFN4O2.C18H16Cl2FN3O2.C15H11ClFN3O2.C4H9N.C3H6BrCl.CH2O3.2K.2U.V.H/c2*1-4-28(5-2)9-6-10-30-21-12-16-19(13-20(21)29-3)25-14-26-22(16)27-15-7-8-18(24)17(23)11-15;1-25-16-9-15-12(8-17(16)26-6-2-5-19)18(23-10-22-15)24-11-3-4-14(21)13(20)7-11;1-22-14-6-12-9(5-13(14)21)15(19-7-18-12)20-8-2-3-11(17)10(16)4-8;1-3-5-4-2;4-2-1-3-5;2-1-4-3;;;;;;/h2*7-8,11-14H,1-2,4-6,9-10H2,3H3,(H,25,26,27);3-4,7-10H,2,5-6H2,1H3,(H,22,23,24);2-7,21H,1H3,(H,18,19,20);5H,1-4H2;1-3H2;1,3H;;;;;;/q2*-2;;;-2;;;2*+1;3*+2;-1/p-1. The molecule has 665 valence electrons. The maximum absolute atomic E-state index is 13.4. The number of methoxy groups -OCH3 is 4. The average Bonchev–Trinajstić information content (AvgIpc) is 0.820. The Bertz CT molecular complexity index is 5110. The van der Waals surface area contributed by atoms with E-state index < -0.39 is 23.3 Å². The number of phenolic OH excluding ortho intramolecular Hbond substituents is 1. The van der Waals surface area contributed by atoms with Gasteiger partial charge < -0.3 is 128 Å². The van der Waals surface area contributed by atoms with Gasteiger partial charge in [0.2, 0.25) is 0 Å². The second-order valence-corrected chi connectivity index (χ2v) is 27.8. The quantitative estimate of drug-likeness (QED) is 0.00314. The molecule has 0 aliphatic rings. The summed E-state index contributed by atoms with van der Waals surface area (Å²) < 4.78 is 92.5. The number of benzene rings is 8. The van der Waals surface area contributed by atoms with E-state index >= 15 is 0 Å². The fraction of sp³-hybridized carbons (Fsp3) is 0.259. The van der Waals surface area contributed by atoms with E-state index in [0.29, 0.717) is 172 Å². The number of alkyl halides is 3. The predicted octanol–water partition coefficient (Wildman–Crippen LogP) is 13.7. The molecule has 127 heavy (non-hydrogen) atoms. The van der Waals surface area contributed by atoms with E-state index in [0.717, 1.165) is 72.8 Å². The van der Waals surface area contributed by atoms with E-state index in [2.05, 4.69) is 139 Å². The summed E-state index contributed by atoms with van der Waals surface area (Å²) in [4.78, 5) is 49.6. The Kier molecular flexibility index (Phi) is 64.8. The molecule has 0 amide bonds. The van der Waals surface area contributed by atoms with Gasteiger partial charge in [-0.2, -0.15) is 0 Å². The second-order valence-electron chi connectivity index (χ2n) is 24.7. The number of phenols is 1. The molecular formula is C85H92BrCl6F4K2N15O11U2V. The zero-order chi connectivity index (χ0) is 88.9. The molecule has 0 bridgehead atoms. The van der Waals surface area contributed by atoms with Crippen LogP contribution in [0.1, 0.15) is 27.1 Å². The van der Waals surface area contributed by atoms with Gasteiger partial charge in [0.05, 0.1) is 90.4 Å². The summed E-state index contributed by atoms with van der Waals surface area (Å²) in [6.45, 7) is 30.0. The van der Waals surface area contributed by atoms with Crippen molar-refractivity contribution in [2.24, 2.45) is 0 Å². The number of aromatic nitrogens is 8. The minimum atomic E-state index is -0.498. The van der Waals surface area contributed by atoms with Crippen LogP contribution in [0.15, 0.2) is 147 Å². The Morgan fingerprint density at radius 2 is 0.701 bits per heavy atom. The number of carbonyl (C=O) groups excluding carboxylic acids is 1. The Labute approximate surface area is 921 Å². The Hall–Kier alpha value is -4.07. The maximum Gasteiger partial charge on any atom is 2.00 e. The van der Waals surface area contributed by atoms with Gasteiger partial charge in [-0.15, -0.1) is 62.5 Å². The predicted molar refractivity (Wildman–Crippen MR) is 481 cm³/mol. The van der Waals surface area contributed by atoms with E-state index in [4.69, 9.17) is 113 Å². The number of ether oxygens (including phenoxy) is 7. The summed E-state index contributed by atoms with van der Waals surface area (Å²) >= 11 is 37.6. The number of fused-ring (bicyclic) bond motifs is 4. The third kappa shape index (κ3) is 40.6. The molecule has 6 N–H and O–H groups in total. The van der Waals surface area contributed by atoms with Crippen LogP contribution in [0.2, 0.25) is 20.1 Å². The molecule has 26 nitrogen and oxygen atoms in total. The Morgan fingerprint density at radius 1 is 0.433 bits per heavy atom. The summed E-state index contributed by atoms with van der Waals surface area (Å²) in [7, 11) is 6.20. The van der Waals surface area contributed by atoms with Crippen LogP contribution in [0.5, 0.6) is 46.0 Å². The van der Waals surface area contributed by atoms with Crippen molar-refractivity contribution in [1.82, 2.24) is 55.0 Å². The van der Waals surface area contributed by atoms with Crippen molar-refractivity contribution in [3.05, 3.63) is 232 Å². The first-order valence-corrected chi connectivity index (χ1v) is 40.8. The van der Waals surface area contributed by atoms with E-state index in [1.54, 1.807) is 75.9 Å².